The third kappa shape index (κ3) is 1.10. The SMILES string of the molecule is c1cc(-c2ncco2)cnn1. The largest absolute Gasteiger partial charge is 0.444 e. The molecule has 0 unspecified atom stereocenters. The first kappa shape index (κ1) is 6.03. The minimum atomic E-state index is 0.569. The van der Waals surface area contributed by atoms with Gasteiger partial charge in [0.25, 0.3) is 0 Å². The second-order valence-electron chi connectivity index (χ2n) is 1.97. The topological polar surface area (TPSA) is 51.8 Å². The zero-order valence-corrected chi connectivity index (χ0v) is 5.64. The first-order chi connectivity index (χ1) is 5.47. The molecule has 2 rings (SSSR count). The molecule has 0 spiro atoms. The van der Waals surface area contributed by atoms with Crippen LogP contribution in [0.1, 0.15) is 0 Å². The molecule has 54 valence electrons. The fraction of sp³-hybridized carbons (Fsp3) is 0. The summed E-state index contributed by atoms with van der Waals surface area (Å²) in [5.74, 6) is 0.569. The Morgan fingerprint density at radius 2 is 2.18 bits per heavy atom. The predicted molar refractivity (Wildman–Crippen MR) is 37.5 cm³/mol. The maximum Gasteiger partial charge on any atom is 0.227 e. The third-order valence-corrected chi connectivity index (χ3v) is 1.26. The molecular weight excluding hydrogens is 142 g/mol. The van der Waals surface area contributed by atoms with Crippen molar-refractivity contribution in [3.05, 3.63) is 30.9 Å². The zero-order valence-electron chi connectivity index (χ0n) is 5.64. The van der Waals surface area contributed by atoms with Crippen LogP contribution < -0.4 is 0 Å². The van der Waals surface area contributed by atoms with Crippen molar-refractivity contribution in [2.45, 2.75) is 0 Å². The van der Waals surface area contributed by atoms with E-state index in [0.717, 1.165) is 5.56 Å². The molecule has 0 bridgehead atoms. The lowest BCUT2D eigenvalue weighted by Crippen LogP contribution is -1.80. The van der Waals surface area contributed by atoms with Crippen LogP contribution in [0.25, 0.3) is 11.5 Å². The summed E-state index contributed by atoms with van der Waals surface area (Å²) in [6, 6.07) is 1.79. The fourth-order valence-corrected chi connectivity index (χ4v) is 0.783. The average molecular weight is 147 g/mol. The molecule has 11 heavy (non-hydrogen) atoms. The highest BCUT2D eigenvalue weighted by atomic mass is 16.3. The number of rotatable bonds is 1. The Morgan fingerprint density at radius 1 is 1.18 bits per heavy atom. The number of oxazole rings is 1. The van der Waals surface area contributed by atoms with Crippen molar-refractivity contribution in [2.24, 2.45) is 0 Å². The van der Waals surface area contributed by atoms with Gasteiger partial charge in [-0.1, -0.05) is 0 Å². The van der Waals surface area contributed by atoms with Crippen LogP contribution in [-0.2, 0) is 0 Å². The maximum absolute atomic E-state index is 5.04. The molecule has 0 saturated carbocycles. The van der Waals surface area contributed by atoms with Crippen molar-refractivity contribution in [1.82, 2.24) is 15.2 Å². The summed E-state index contributed by atoms with van der Waals surface area (Å²) < 4.78 is 5.04. The van der Waals surface area contributed by atoms with Gasteiger partial charge in [-0.2, -0.15) is 10.2 Å². The normalized spacial score (nSPS) is 9.82. The Labute approximate surface area is 62.9 Å². The average Bonchev–Trinajstić information content (AvgIpc) is 2.58. The summed E-state index contributed by atoms with van der Waals surface area (Å²) in [5.41, 5.74) is 0.838. The molecule has 0 fully saturated rings. The van der Waals surface area contributed by atoms with Gasteiger partial charge in [0.1, 0.15) is 6.26 Å². The van der Waals surface area contributed by atoms with Crippen molar-refractivity contribution in [2.75, 3.05) is 0 Å². The summed E-state index contributed by atoms with van der Waals surface area (Å²) >= 11 is 0. The van der Waals surface area contributed by atoms with Gasteiger partial charge in [-0.15, -0.1) is 0 Å². The molecular formula is C7H5N3O. The summed E-state index contributed by atoms with van der Waals surface area (Å²) in [6.07, 6.45) is 6.32. The maximum atomic E-state index is 5.04. The van der Waals surface area contributed by atoms with Crippen LogP contribution in [0.15, 0.2) is 35.3 Å². The van der Waals surface area contributed by atoms with Gasteiger partial charge in [-0.3, -0.25) is 0 Å². The van der Waals surface area contributed by atoms with Crippen LogP contribution in [0.3, 0.4) is 0 Å². The molecule has 0 aliphatic heterocycles. The molecule has 4 nitrogen and oxygen atoms in total. The summed E-state index contributed by atoms with van der Waals surface area (Å²) in [4.78, 5) is 3.95. The van der Waals surface area contributed by atoms with Crippen LogP contribution in [0.4, 0.5) is 0 Å². The first-order valence-electron chi connectivity index (χ1n) is 3.13. The van der Waals surface area contributed by atoms with Crippen molar-refractivity contribution in [3.8, 4) is 11.5 Å². The predicted octanol–water partition coefficient (Wildman–Crippen LogP) is 1.13. The van der Waals surface area contributed by atoms with Crippen molar-refractivity contribution >= 4 is 0 Å². The van der Waals surface area contributed by atoms with Gasteiger partial charge in [-0.05, 0) is 6.07 Å². The number of hydrogen-bond acceptors (Lipinski definition) is 4. The molecule has 2 heterocycles. The van der Waals surface area contributed by atoms with Crippen LogP contribution in [0, 0.1) is 0 Å². The van der Waals surface area contributed by atoms with Gasteiger partial charge in [0, 0.05) is 0 Å². The molecule has 2 aromatic heterocycles. The quantitative estimate of drug-likeness (QED) is 0.606. The highest BCUT2D eigenvalue weighted by molar-refractivity contribution is 5.49. The number of nitrogens with zero attached hydrogens (tertiary/aromatic N) is 3. The van der Waals surface area contributed by atoms with E-state index in [2.05, 4.69) is 15.2 Å². The van der Waals surface area contributed by atoms with Crippen LogP contribution >= 0.6 is 0 Å². The van der Waals surface area contributed by atoms with Gasteiger partial charge in [-0.25, -0.2) is 4.98 Å². The highest BCUT2D eigenvalue weighted by Crippen LogP contribution is 2.13. The Balaban J connectivity index is 2.46. The van der Waals surface area contributed by atoms with Gasteiger partial charge in [0.15, 0.2) is 0 Å². The fourth-order valence-electron chi connectivity index (χ4n) is 0.783. The first-order valence-corrected chi connectivity index (χ1v) is 3.13. The van der Waals surface area contributed by atoms with E-state index >= 15 is 0 Å². The second-order valence-corrected chi connectivity index (χ2v) is 1.97. The van der Waals surface area contributed by atoms with Gasteiger partial charge in [0.2, 0.25) is 5.89 Å². The van der Waals surface area contributed by atoms with E-state index in [1.165, 1.54) is 6.26 Å². The molecule has 0 radical (unpaired) electrons. The van der Waals surface area contributed by atoms with Crippen LogP contribution in [-0.4, -0.2) is 15.2 Å². The van der Waals surface area contributed by atoms with E-state index in [4.69, 9.17) is 4.42 Å². The number of hydrogen-bond donors (Lipinski definition) is 0. The summed E-state index contributed by atoms with van der Waals surface area (Å²) in [6.45, 7) is 0. The molecule has 0 saturated heterocycles. The Kier molecular flexibility index (Phi) is 1.37. The zero-order chi connectivity index (χ0) is 7.52. The molecule has 4 heteroatoms. The van der Waals surface area contributed by atoms with E-state index in [-0.39, 0.29) is 0 Å². The van der Waals surface area contributed by atoms with Crippen molar-refractivity contribution in [1.29, 1.82) is 0 Å². The van der Waals surface area contributed by atoms with E-state index < -0.39 is 0 Å². The van der Waals surface area contributed by atoms with Gasteiger partial charge >= 0.3 is 0 Å². The van der Waals surface area contributed by atoms with Gasteiger partial charge in [0.05, 0.1) is 24.2 Å². The van der Waals surface area contributed by atoms with Gasteiger partial charge < -0.3 is 4.42 Å². The molecule has 2 aromatic rings. The minimum Gasteiger partial charge on any atom is -0.444 e. The monoisotopic (exact) mass is 147 g/mol. The van der Waals surface area contributed by atoms with E-state index in [1.54, 1.807) is 24.7 Å². The standard InChI is InChI=1S/C7H5N3O/c1-2-9-10-5-6(1)7-8-3-4-11-7/h1-5H. The van der Waals surface area contributed by atoms with Crippen LogP contribution in [0.2, 0.25) is 0 Å². The third-order valence-electron chi connectivity index (χ3n) is 1.26. The lowest BCUT2D eigenvalue weighted by atomic mass is 10.3. The molecule has 0 aliphatic carbocycles. The van der Waals surface area contributed by atoms with E-state index in [9.17, 15) is 0 Å². The van der Waals surface area contributed by atoms with E-state index in [1.807, 2.05) is 0 Å². The Bertz CT molecular complexity index is 317. The lowest BCUT2D eigenvalue weighted by Gasteiger charge is -1.89. The smallest absolute Gasteiger partial charge is 0.227 e. The molecule has 0 N–H and O–H groups in total. The van der Waals surface area contributed by atoms with Crippen molar-refractivity contribution < 1.29 is 4.42 Å². The molecule has 0 atom stereocenters. The summed E-state index contributed by atoms with van der Waals surface area (Å²) in [5, 5.41) is 7.33. The molecule has 0 aliphatic rings. The minimum absolute atomic E-state index is 0.569. The Hall–Kier alpha value is -1.71. The number of aromatic nitrogens is 3. The highest BCUT2D eigenvalue weighted by Gasteiger charge is 1.99. The van der Waals surface area contributed by atoms with Crippen LogP contribution in [0.5, 0.6) is 0 Å². The lowest BCUT2D eigenvalue weighted by molar-refractivity contribution is 0.574. The van der Waals surface area contributed by atoms with Crippen molar-refractivity contribution in [3.63, 3.8) is 0 Å². The second kappa shape index (κ2) is 2.49. The summed E-state index contributed by atoms with van der Waals surface area (Å²) in [7, 11) is 0. The molecule has 0 amide bonds. The molecule has 0 aromatic carbocycles. The van der Waals surface area contributed by atoms with E-state index in [0.29, 0.717) is 5.89 Å². The Morgan fingerprint density at radius 3 is 2.82 bits per heavy atom.